The van der Waals surface area contributed by atoms with Crippen molar-refractivity contribution >= 4 is 28.4 Å². The van der Waals surface area contributed by atoms with Crippen LogP contribution in [-0.4, -0.2) is 51.8 Å². The van der Waals surface area contributed by atoms with Gasteiger partial charge in [0.2, 0.25) is 5.95 Å². The number of hydrogen-bond acceptors (Lipinski definition) is 9. The normalized spacial score (nSPS) is 16.3. The number of benzene rings is 1. The Hall–Kier alpha value is -3.72. The molecule has 0 saturated carbocycles. The summed E-state index contributed by atoms with van der Waals surface area (Å²) in [6.45, 7) is 10.8. The number of aromatic nitrogens is 4. The Morgan fingerprint density at radius 1 is 1.11 bits per heavy atom. The van der Waals surface area contributed by atoms with Crippen LogP contribution in [0.4, 0.5) is 17.5 Å². The molecule has 3 aromatic heterocycles. The van der Waals surface area contributed by atoms with Gasteiger partial charge in [0.25, 0.3) is 0 Å². The van der Waals surface area contributed by atoms with Gasteiger partial charge in [-0.15, -0.1) is 0 Å². The van der Waals surface area contributed by atoms with Crippen LogP contribution >= 0.6 is 0 Å². The summed E-state index contributed by atoms with van der Waals surface area (Å²) in [5, 5.41) is 4.31. The third-order valence-electron chi connectivity index (χ3n) is 6.60. The molecular formula is C26H28N6O3. The van der Waals surface area contributed by atoms with E-state index in [2.05, 4.69) is 20.2 Å². The average molecular weight is 473 g/mol. The van der Waals surface area contributed by atoms with Gasteiger partial charge in [-0.3, -0.25) is 0 Å². The molecule has 0 radical (unpaired) electrons. The van der Waals surface area contributed by atoms with Gasteiger partial charge in [0, 0.05) is 36.2 Å². The van der Waals surface area contributed by atoms with Gasteiger partial charge in [-0.1, -0.05) is 6.07 Å². The molecule has 4 aromatic rings. The van der Waals surface area contributed by atoms with Crippen LogP contribution in [0, 0.1) is 20.8 Å². The second-order valence-corrected chi connectivity index (χ2v) is 9.26. The highest BCUT2D eigenvalue weighted by Crippen LogP contribution is 2.40. The summed E-state index contributed by atoms with van der Waals surface area (Å²) in [6, 6.07) is 7.93. The van der Waals surface area contributed by atoms with Crippen LogP contribution in [0.25, 0.3) is 22.2 Å². The van der Waals surface area contributed by atoms with Gasteiger partial charge in [0.15, 0.2) is 11.7 Å². The lowest BCUT2D eigenvalue weighted by atomic mass is 9.86. The maximum atomic E-state index is 5.94. The van der Waals surface area contributed by atoms with Gasteiger partial charge in [0.05, 0.1) is 32.0 Å². The monoisotopic (exact) mass is 472 g/mol. The predicted molar refractivity (Wildman–Crippen MR) is 133 cm³/mol. The van der Waals surface area contributed by atoms with Crippen molar-refractivity contribution in [1.82, 2.24) is 19.9 Å². The molecule has 2 aliphatic rings. The van der Waals surface area contributed by atoms with E-state index in [0.717, 1.165) is 71.2 Å². The van der Waals surface area contributed by atoms with E-state index in [9.17, 15) is 0 Å². The molecule has 6 rings (SSSR count). The number of nitrogens with one attached hydrogen (secondary N) is 1. The molecule has 0 amide bonds. The largest absolute Gasteiger partial charge is 0.492 e. The van der Waals surface area contributed by atoms with Crippen molar-refractivity contribution in [3.8, 4) is 17.0 Å². The molecule has 180 valence electrons. The summed E-state index contributed by atoms with van der Waals surface area (Å²) in [5.41, 5.74) is 4.30. The van der Waals surface area contributed by atoms with Crippen LogP contribution in [0.3, 0.4) is 0 Å². The first kappa shape index (κ1) is 21.8. The zero-order chi connectivity index (χ0) is 24.2. The smallest absolute Gasteiger partial charge is 0.227 e. The topological polar surface area (TPSA) is 98.4 Å². The number of oxazole rings is 1. The molecule has 1 spiro atoms. The zero-order valence-electron chi connectivity index (χ0n) is 20.4. The van der Waals surface area contributed by atoms with Crippen molar-refractivity contribution in [1.29, 1.82) is 0 Å². The summed E-state index contributed by atoms with van der Waals surface area (Å²) in [7, 11) is 0. The first-order valence-corrected chi connectivity index (χ1v) is 11.9. The minimum absolute atomic E-state index is 0.0146. The number of ether oxygens (including phenoxy) is 2. The Balaban J connectivity index is 1.33. The van der Waals surface area contributed by atoms with Crippen LogP contribution in [-0.2, 0) is 4.74 Å². The Morgan fingerprint density at radius 2 is 1.94 bits per heavy atom. The number of aryl methyl sites for hydroxylation is 3. The molecule has 0 aliphatic carbocycles. The van der Waals surface area contributed by atoms with Gasteiger partial charge < -0.3 is 24.1 Å². The van der Waals surface area contributed by atoms with Crippen LogP contribution < -0.4 is 15.0 Å². The summed E-state index contributed by atoms with van der Waals surface area (Å²) in [5.74, 6) is 3.48. The molecule has 1 aromatic carbocycles. The number of nitrogens with zero attached hydrogens (tertiary/aromatic N) is 5. The number of hydrogen-bond donors (Lipinski definition) is 1. The lowest BCUT2D eigenvalue weighted by molar-refractivity contribution is -0.161. The van der Waals surface area contributed by atoms with Gasteiger partial charge in [-0.05, 0) is 39.0 Å². The fourth-order valence-corrected chi connectivity index (χ4v) is 4.84. The van der Waals surface area contributed by atoms with E-state index in [1.165, 1.54) is 0 Å². The summed E-state index contributed by atoms with van der Waals surface area (Å²) in [4.78, 5) is 21.0. The van der Waals surface area contributed by atoms with Crippen molar-refractivity contribution in [3.05, 3.63) is 47.8 Å². The Labute approximate surface area is 203 Å². The van der Waals surface area contributed by atoms with Crippen LogP contribution in [0.5, 0.6) is 5.75 Å². The standard InChI is InChI=1S/C26H28N6O3/c1-5-33-21-11-18(22-16(3)35-17(4)29-22)6-7-20(21)30-25-27-12-19-10-15(2)28-24(23(19)31-25)32-13-26(14-32)8-9-34-26/h6-7,10-12H,5,8-9,13-14H2,1-4H3,(H,27,30,31). The first-order valence-electron chi connectivity index (χ1n) is 11.9. The minimum Gasteiger partial charge on any atom is -0.492 e. The second-order valence-electron chi connectivity index (χ2n) is 9.26. The maximum Gasteiger partial charge on any atom is 0.227 e. The summed E-state index contributed by atoms with van der Waals surface area (Å²) >= 11 is 0. The Kier molecular flexibility index (Phi) is 5.10. The van der Waals surface area contributed by atoms with E-state index in [1.807, 2.05) is 58.2 Å². The van der Waals surface area contributed by atoms with E-state index in [-0.39, 0.29) is 5.60 Å². The number of fused-ring (bicyclic) bond motifs is 1. The van der Waals surface area contributed by atoms with Crippen molar-refractivity contribution in [2.75, 3.05) is 36.5 Å². The van der Waals surface area contributed by atoms with Crippen LogP contribution in [0.1, 0.15) is 30.7 Å². The highest BCUT2D eigenvalue weighted by Gasteiger charge is 2.50. The zero-order valence-corrected chi connectivity index (χ0v) is 20.4. The molecule has 35 heavy (non-hydrogen) atoms. The lowest BCUT2D eigenvalue weighted by Crippen LogP contribution is -2.68. The lowest BCUT2D eigenvalue weighted by Gasteiger charge is -2.55. The van der Waals surface area contributed by atoms with Crippen molar-refractivity contribution in [3.63, 3.8) is 0 Å². The number of anilines is 3. The van der Waals surface area contributed by atoms with E-state index < -0.39 is 0 Å². The van der Waals surface area contributed by atoms with Gasteiger partial charge in [-0.2, -0.15) is 0 Å². The predicted octanol–water partition coefficient (Wildman–Crippen LogP) is 4.73. The molecule has 5 heterocycles. The van der Waals surface area contributed by atoms with Gasteiger partial charge in [-0.25, -0.2) is 19.9 Å². The van der Waals surface area contributed by atoms with Crippen molar-refractivity contribution < 1.29 is 13.9 Å². The van der Waals surface area contributed by atoms with Crippen molar-refractivity contribution in [2.45, 2.75) is 39.7 Å². The number of rotatable bonds is 6. The quantitative estimate of drug-likeness (QED) is 0.427. The average Bonchev–Trinajstić information content (AvgIpc) is 3.11. The van der Waals surface area contributed by atoms with Crippen molar-refractivity contribution in [2.24, 2.45) is 0 Å². The molecule has 9 nitrogen and oxygen atoms in total. The fraction of sp³-hybridized carbons (Fsp3) is 0.385. The molecule has 2 saturated heterocycles. The molecule has 2 aliphatic heterocycles. The van der Waals surface area contributed by atoms with E-state index >= 15 is 0 Å². The second kappa shape index (κ2) is 8.20. The molecular weight excluding hydrogens is 444 g/mol. The molecule has 1 N–H and O–H groups in total. The highest BCUT2D eigenvalue weighted by molar-refractivity contribution is 5.90. The SMILES string of the molecule is CCOc1cc(-c2nc(C)oc2C)ccc1Nc1ncc2cc(C)nc(N3CC4(CCO4)C3)c2n1. The fourth-order valence-electron chi connectivity index (χ4n) is 4.84. The minimum atomic E-state index is 0.0146. The summed E-state index contributed by atoms with van der Waals surface area (Å²) < 4.78 is 17.3. The van der Waals surface area contributed by atoms with E-state index in [1.54, 1.807) is 0 Å². The number of pyridine rings is 1. The molecule has 2 fully saturated rings. The van der Waals surface area contributed by atoms with Gasteiger partial charge >= 0.3 is 0 Å². The third-order valence-corrected chi connectivity index (χ3v) is 6.60. The molecule has 9 heteroatoms. The van der Waals surface area contributed by atoms with E-state index in [4.69, 9.17) is 23.9 Å². The Bertz CT molecular complexity index is 1420. The molecule has 0 unspecified atom stereocenters. The molecule has 0 bridgehead atoms. The van der Waals surface area contributed by atoms with E-state index in [0.29, 0.717) is 24.2 Å². The highest BCUT2D eigenvalue weighted by atomic mass is 16.5. The van der Waals surface area contributed by atoms with Crippen LogP contribution in [0.15, 0.2) is 34.9 Å². The van der Waals surface area contributed by atoms with Gasteiger partial charge in [0.1, 0.15) is 28.3 Å². The first-order chi connectivity index (χ1) is 16.9. The van der Waals surface area contributed by atoms with Crippen LogP contribution in [0.2, 0.25) is 0 Å². The summed E-state index contributed by atoms with van der Waals surface area (Å²) in [6.07, 6.45) is 2.95. The third kappa shape index (κ3) is 3.85. The Morgan fingerprint density at radius 3 is 2.63 bits per heavy atom. The maximum absolute atomic E-state index is 5.94. The molecule has 0 atom stereocenters.